The maximum Gasteiger partial charge on any atom is 0.472 e. The van der Waals surface area contributed by atoms with E-state index in [-0.39, 0.29) is 18.5 Å². The van der Waals surface area contributed by atoms with Gasteiger partial charge in [-0.3, -0.25) is 9.05 Å². The lowest BCUT2D eigenvalue weighted by molar-refractivity contribution is -0.0106. The van der Waals surface area contributed by atoms with Crippen LogP contribution in [0, 0.1) is 0 Å². The van der Waals surface area contributed by atoms with Gasteiger partial charge in [0.2, 0.25) is 0 Å². The van der Waals surface area contributed by atoms with Gasteiger partial charge in [-0.15, -0.1) is 0 Å². The fraction of sp³-hybridized carbons (Fsp3) is 0.667. The van der Waals surface area contributed by atoms with Crippen molar-refractivity contribution in [2.24, 2.45) is 5.73 Å². The molecular formula is C9H14NO7P. The molecule has 0 radical (unpaired) electrons. The van der Waals surface area contributed by atoms with Gasteiger partial charge in [-0.05, 0) is 12.8 Å². The minimum absolute atomic E-state index is 0.117. The largest absolute Gasteiger partial charge is 0.472 e. The number of fused-ring (bicyclic) bond motifs is 1. The number of phosphoric ester groups is 1. The van der Waals surface area contributed by atoms with Crippen LogP contribution in [0.15, 0.2) is 11.3 Å². The molecule has 1 heterocycles. The lowest BCUT2D eigenvalue weighted by Gasteiger charge is -2.23. The average Bonchev–Trinajstić information content (AvgIpc) is 2.47. The molecule has 1 aliphatic carbocycles. The van der Waals surface area contributed by atoms with Crippen LogP contribution in [0.1, 0.15) is 12.8 Å². The van der Waals surface area contributed by atoms with Gasteiger partial charge >= 0.3 is 13.9 Å². The fourth-order valence-electron chi connectivity index (χ4n) is 1.87. The van der Waals surface area contributed by atoms with Gasteiger partial charge < -0.3 is 20.1 Å². The summed E-state index contributed by atoms with van der Waals surface area (Å²) in [5.41, 5.74) is 5.81. The molecule has 0 bridgehead atoms. The second-order valence-electron chi connectivity index (χ2n) is 3.91. The van der Waals surface area contributed by atoms with Crippen molar-refractivity contribution < 1.29 is 32.8 Å². The van der Waals surface area contributed by atoms with Gasteiger partial charge in [-0.25, -0.2) is 9.36 Å². The Labute approximate surface area is 103 Å². The molecule has 2 rings (SSSR count). The number of ether oxygens (including phenoxy) is 2. The Hall–Kier alpha value is -0.920. The predicted molar refractivity (Wildman–Crippen MR) is 58.4 cm³/mol. The van der Waals surface area contributed by atoms with E-state index in [1.807, 2.05) is 0 Å². The molecular weight excluding hydrogens is 265 g/mol. The summed E-state index contributed by atoms with van der Waals surface area (Å²) in [5.74, 6) is 0.287. The Morgan fingerprint density at radius 3 is 2.89 bits per heavy atom. The molecule has 0 aromatic rings. The number of hydrogen-bond donors (Lipinski definition) is 2. The van der Waals surface area contributed by atoms with Crippen LogP contribution in [0.5, 0.6) is 0 Å². The minimum Gasteiger partial charge on any atom is -0.412 e. The first-order valence-electron chi connectivity index (χ1n) is 5.31. The van der Waals surface area contributed by atoms with Gasteiger partial charge in [0, 0.05) is 12.7 Å². The zero-order valence-electron chi connectivity index (χ0n) is 9.70. The normalized spacial score (nSPS) is 29.4. The number of hydrogen-bond acceptors (Lipinski definition) is 6. The molecule has 1 fully saturated rings. The molecule has 0 aromatic carbocycles. The predicted octanol–water partition coefficient (Wildman–Crippen LogP) is 0.660. The van der Waals surface area contributed by atoms with Crippen LogP contribution < -0.4 is 5.73 Å². The molecule has 0 aromatic heterocycles. The third-order valence-corrected chi connectivity index (χ3v) is 3.77. The zero-order valence-corrected chi connectivity index (χ0v) is 10.6. The summed E-state index contributed by atoms with van der Waals surface area (Å²) in [6, 6.07) is 0. The van der Waals surface area contributed by atoms with Gasteiger partial charge in [0.05, 0.1) is 12.7 Å². The van der Waals surface area contributed by atoms with Crippen molar-refractivity contribution in [3.05, 3.63) is 11.3 Å². The number of primary amides is 1. The number of nitrogens with two attached hydrogens (primary N) is 1. The van der Waals surface area contributed by atoms with E-state index in [4.69, 9.17) is 24.6 Å². The Balaban J connectivity index is 2.00. The third kappa shape index (κ3) is 2.73. The first-order valence-corrected chi connectivity index (χ1v) is 6.81. The van der Waals surface area contributed by atoms with Crippen LogP contribution in [-0.2, 0) is 23.1 Å². The summed E-state index contributed by atoms with van der Waals surface area (Å²) in [6.07, 6.45) is -0.203. The Bertz CT molecular complexity index is 435. The van der Waals surface area contributed by atoms with Crippen molar-refractivity contribution in [3.8, 4) is 0 Å². The van der Waals surface area contributed by atoms with Crippen molar-refractivity contribution in [2.45, 2.75) is 25.0 Å². The monoisotopic (exact) mass is 279 g/mol. The van der Waals surface area contributed by atoms with E-state index in [9.17, 15) is 9.36 Å². The average molecular weight is 279 g/mol. The smallest absolute Gasteiger partial charge is 0.412 e. The van der Waals surface area contributed by atoms with E-state index in [0.717, 1.165) is 25.5 Å². The molecule has 0 saturated heterocycles. The van der Waals surface area contributed by atoms with E-state index >= 15 is 0 Å². The van der Waals surface area contributed by atoms with Crippen LogP contribution in [0.4, 0.5) is 4.79 Å². The van der Waals surface area contributed by atoms with Crippen LogP contribution in [0.25, 0.3) is 0 Å². The summed E-state index contributed by atoms with van der Waals surface area (Å²) >= 11 is 0. The summed E-state index contributed by atoms with van der Waals surface area (Å²) in [6.45, 7) is -0.246. The van der Waals surface area contributed by atoms with E-state index < -0.39 is 20.0 Å². The highest BCUT2D eigenvalue weighted by Gasteiger charge is 2.43. The van der Waals surface area contributed by atoms with Crippen LogP contribution in [0.3, 0.4) is 0 Å². The maximum atomic E-state index is 11.2. The summed E-state index contributed by atoms with van der Waals surface area (Å²) in [4.78, 5) is 19.9. The molecule has 3 atom stereocenters. The minimum atomic E-state index is -4.08. The fourth-order valence-corrected chi connectivity index (χ4v) is 2.30. The molecule has 2 unspecified atom stereocenters. The standard InChI is InChI=1S/C9H14NO7P/c1-14-18(12,13)15-4-7-8(17-9(10)11)5-2-3-6(5)16-7/h6-7H,2-4H2,1H3,(H2,10,11)(H,12,13)/t6?,7-/m1/s1. The van der Waals surface area contributed by atoms with E-state index in [1.54, 1.807) is 0 Å². The highest BCUT2D eigenvalue weighted by molar-refractivity contribution is 7.47. The molecule has 2 aliphatic rings. The molecule has 0 spiro atoms. The quantitative estimate of drug-likeness (QED) is 0.710. The van der Waals surface area contributed by atoms with Gasteiger partial charge in [0.1, 0.15) is 11.9 Å². The van der Waals surface area contributed by atoms with Crippen molar-refractivity contribution in [1.82, 2.24) is 0 Å². The summed E-state index contributed by atoms with van der Waals surface area (Å²) < 4.78 is 30.5. The van der Waals surface area contributed by atoms with E-state index in [1.165, 1.54) is 0 Å². The number of carbonyl (C=O) groups is 1. The first-order chi connectivity index (χ1) is 8.43. The highest BCUT2D eigenvalue weighted by atomic mass is 31.2. The molecule has 8 nitrogen and oxygen atoms in total. The van der Waals surface area contributed by atoms with E-state index in [2.05, 4.69) is 4.52 Å². The van der Waals surface area contributed by atoms with Crippen molar-refractivity contribution in [2.75, 3.05) is 13.7 Å². The highest BCUT2D eigenvalue weighted by Crippen LogP contribution is 2.45. The zero-order chi connectivity index (χ0) is 13.3. The molecule has 3 N–H and O–H groups in total. The molecule has 102 valence electrons. The molecule has 9 heteroatoms. The first kappa shape index (κ1) is 13.5. The van der Waals surface area contributed by atoms with Crippen molar-refractivity contribution >= 4 is 13.9 Å². The van der Waals surface area contributed by atoms with Gasteiger partial charge in [0.25, 0.3) is 0 Å². The second-order valence-corrected chi connectivity index (χ2v) is 5.47. The van der Waals surface area contributed by atoms with Crippen LogP contribution in [-0.4, -0.2) is 36.9 Å². The van der Waals surface area contributed by atoms with Crippen LogP contribution in [0.2, 0.25) is 0 Å². The number of phosphoric acid groups is 1. The van der Waals surface area contributed by atoms with Crippen molar-refractivity contribution in [3.63, 3.8) is 0 Å². The Kier molecular flexibility index (Phi) is 3.74. The van der Waals surface area contributed by atoms with Gasteiger partial charge in [0.15, 0.2) is 0 Å². The van der Waals surface area contributed by atoms with Crippen molar-refractivity contribution in [1.29, 1.82) is 0 Å². The lowest BCUT2D eigenvalue weighted by Crippen LogP contribution is -2.24. The molecule has 18 heavy (non-hydrogen) atoms. The molecule has 1 amide bonds. The topological polar surface area (TPSA) is 117 Å². The SMILES string of the molecule is COP(=O)(O)OC[C@H]1OC2CCC2=C1OC(N)=O. The number of carbonyl (C=O) groups excluding carboxylic acids is 1. The second kappa shape index (κ2) is 4.99. The third-order valence-electron chi connectivity index (χ3n) is 2.83. The van der Waals surface area contributed by atoms with Crippen LogP contribution >= 0.6 is 7.82 Å². The van der Waals surface area contributed by atoms with E-state index in [0.29, 0.717) is 0 Å². The molecule has 1 saturated carbocycles. The number of rotatable bonds is 5. The van der Waals surface area contributed by atoms with Gasteiger partial charge in [-0.1, -0.05) is 0 Å². The number of amides is 1. The Morgan fingerprint density at radius 2 is 2.39 bits per heavy atom. The van der Waals surface area contributed by atoms with Gasteiger partial charge in [-0.2, -0.15) is 0 Å². The molecule has 1 aliphatic heterocycles. The lowest BCUT2D eigenvalue weighted by atomic mass is 9.89. The summed E-state index contributed by atoms with van der Waals surface area (Å²) in [7, 11) is -3.03. The Morgan fingerprint density at radius 1 is 1.67 bits per heavy atom. The maximum absolute atomic E-state index is 11.2. The summed E-state index contributed by atoms with van der Waals surface area (Å²) in [5, 5.41) is 0.